The van der Waals surface area contributed by atoms with Gasteiger partial charge in [0.25, 0.3) is 10.0 Å². The molecule has 0 bridgehead atoms. The molecule has 0 aliphatic heterocycles. The lowest BCUT2D eigenvalue weighted by Gasteiger charge is -2.11. The maximum Gasteiger partial charge on any atom is 0.336 e. The van der Waals surface area contributed by atoms with Gasteiger partial charge in [0.1, 0.15) is 0 Å². The zero-order valence-corrected chi connectivity index (χ0v) is 11.7. The van der Waals surface area contributed by atoms with Crippen LogP contribution in [0.25, 0.3) is 0 Å². The van der Waals surface area contributed by atoms with Crippen LogP contribution in [0.3, 0.4) is 0 Å². The topological polar surface area (TPSA) is 112 Å². The second-order valence-electron chi connectivity index (χ2n) is 4.30. The molecule has 0 amide bonds. The van der Waals surface area contributed by atoms with Gasteiger partial charge in [-0.2, -0.15) is 13.5 Å². The standard InChI is InChI=1S/C12H13N3O4S/c1-7-5-9(6-10(8(7)2)12(16)17)15-20(18,19)11-3-4-13-14-11/h3-6,15H,1-2H3,(H,13,14)(H,16,17). The lowest BCUT2D eigenvalue weighted by molar-refractivity contribution is 0.0696. The Bertz CT molecular complexity index is 751. The van der Waals surface area contributed by atoms with Crippen LogP contribution in [-0.2, 0) is 10.0 Å². The molecule has 1 heterocycles. The average molecular weight is 295 g/mol. The van der Waals surface area contributed by atoms with Crippen molar-refractivity contribution in [3.05, 3.63) is 41.1 Å². The molecule has 3 N–H and O–H groups in total. The number of carbonyl (C=O) groups is 1. The van der Waals surface area contributed by atoms with Gasteiger partial charge in [-0.15, -0.1) is 0 Å². The van der Waals surface area contributed by atoms with Gasteiger partial charge in [0.2, 0.25) is 0 Å². The summed E-state index contributed by atoms with van der Waals surface area (Å²) in [6.45, 7) is 3.39. The Kier molecular flexibility index (Phi) is 3.49. The van der Waals surface area contributed by atoms with Gasteiger partial charge >= 0.3 is 5.97 Å². The van der Waals surface area contributed by atoms with E-state index in [1.165, 1.54) is 18.3 Å². The van der Waals surface area contributed by atoms with Crippen molar-refractivity contribution in [2.45, 2.75) is 18.9 Å². The Hall–Kier alpha value is -2.35. The zero-order valence-electron chi connectivity index (χ0n) is 10.8. The Balaban J connectivity index is 2.43. The second kappa shape index (κ2) is 4.97. The molecule has 0 saturated carbocycles. The van der Waals surface area contributed by atoms with Crippen LogP contribution in [0.4, 0.5) is 5.69 Å². The van der Waals surface area contributed by atoms with Crippen LogP contribution in [0.5, 0.6) is 0 Å². The zero-order chi connectivity index (χ0) is 14.9. The Morgan fingerprint density at radius 3 is 2.60 bits per heavy atom. The number of nitrogens with zero attached hydrogens (tertiary/aromatic N) is 1. The molecule has 2 aromatic rings. The van der Waals surface area contributed by atoms with E-state index >= 15 is 0 Å². The third-order valence-electron chi connectivity index (χ3n) is 2.91. The Morgan fingerprint density at radius 2 is 2.05 bits per heavy atom. The van der Waals surface area contributed by atoms with Crippen molar-refractivity contribution in [1.82, 2.24) is 10.2 Å². The van der Waals surface area contributed by atoms with Crippen molar-refractivity contribution in [3.8, 4) is 0 Å². The van der Waals surface area contributed by atoms with Gasteiger partial charge in [0, 0.05) is 0 Å². The molecular formula is C12H13N3O4S. The summed E-state index contributed by atoms with van der Waals surface area (Å²) in [6.07, 6.45) is 1.32. The molecule has 0 atom stereocenters. The first kappa shape index (κ1) is 14.1. The summed E-state index contributed by atoms with van der Waals surface area (Å²) in [7, 11) is -3.80. The number of hydrogen-bond acceptors (Lipinski definition) is 4. The molecule has 1 aromatic heterocycles. The van der Waals surface area contributed by atoms with E-state index < -0.39 is 16.0 Å². The minimum absolute atomic E-state index is 0.0623. The SMILES string of the molecule is Cc1cc(NS(=O)(=O)c2ccn[nH]2)cc(C(=O)O)c1C. The van der Waals surface area contributed by atoms with Gasteiger partial charge in [0.05, 0.1) is 17.4 Å². The number of hydrogen-bond donors (Lipinski definition) is 3. The first-order valence-corrected chi connectivity index (χ1v) is 7.16. The molecule has 7 nitrogen and oxygen atoms in total. The van der Waals surface area contributed by atoms with E-state index in [-0.39, 0.29) is 16.3 Å². The molecule has 0 spiro atoms. The fourth-order valence-electron chi connectivity index (χ4n) is 1.74. The minimum atomic E-state index is -3.80. The highest BCUT2D eigenvalue weighted by molar-refractivity contribution is 7.92. The van der Waals surface area contributed by atoms with Crippen LogP contribution in [-0.4, -0.2) is 29.7 Å². The molecule has 106 valence electrons. The second-order valence-corrected chi connectivity index (χ2v) is 5.95. The van der Waals surface area contributed by atoms with Crippen molar-refractivity contribution in [3.63, 3.8) is 0 Å². The van der Waals surface area contributed by atoms with Gasteiger partial charge in [-0.3, -0.25) is 9.82 Å². The Morgan fingerprint density at radius 1 is 1.35 bits per heavy atom. The van der Waals surface area contributed by atoms with Crippen molar-refractivity contribution in [2.24, 2.45) is 0 Å². The number of rotatable bonds is 4. The van der Waals surface area contributed by atoms with Crippen molar-refractivity contribution in [1.29, 1.82) is 0 Å². The fourth-order valence-corrected chi connectivity index (χ4v) is 2.69. The fraction of sp³-hybridized carbons (Fsp3) is 0.167. The van der Waals surface area contributed by atoms with E-state index in [4.69, 9.17) is 5.11 Å². The number of anilines is 1. The summed E-state index contributed by atoms with van der Waals surface area (Å²) < 4.78 is 26.3. The van der Waals surface area contributed by atoms with Crippen LogP contribution in [0, 0.1) is 13.8 Å². The highest BCUT2D eigenvalue weighted by Crippen LogP contribution is 2.22. The van der Waals surface area contributed by atoms with E-state index in [1.54, 1.807) is 19.9 Å². The molecule has 0 unspecified atom stereocenters. The smallest absolute Gasteiger partial charge is 0.336 e. The summed E-state index contributed by atoms with van der Waals surface area (Å²) in [5.41, 5.74) is 1.54. The molecule has 0 radical (unpaired) electrons. The quantitative estimate of drug-likeness (QED) is 0.791. The minimum Gasteiger partial charge on any atom is -0.478 e. The lowest BCUT2D eigenvalue weighted by Crippen LogP contribution is -2.14. The van der Waals surface area contributed by atoms with Crippen LogP contribution >= 0.6 is 0 Å². The number of H-pyrrole nitrogens is 1. The maximum atomic E-state index is 12.0. The van der Waals surface area contributed by atoms with Crippen molar-refractivity contribution >= 4 is 21.7 Å². The van der Waals surface area contributed by atoms with Gasteiger partial charge in [-0.25, -0.2) is 4.79 Å². The third kappa shape index (κ3) is 2.64. The normalized spacial score (nSPS) is 11.3. The molecule has 8 heteroatoms. The number of benzene rings is 1. The van der Waals surface area contributed by atoms with E-state index in [1.807, 2.05) is 0 Å². The van der Waals surface area contributed by atoms with E-state index in [0.717, 1.165) is 0 Å². The lowest BCUT2D eigenvalue weighted by atomic mass is 10.0. The number of carboxylic acids is 1. The monoisotopic (exact) mass is 295 g/mol. The first-order valence-electron chi connectivity index (χ1n) is 5.68. The van der Waals surface area contributed by atoms with Gasteiger partial charge < -0.3 is 5.11 Å². The Labute approximate surface area is 115 Å². The van der Waals surface area contributed by atoms with E-state index in [0.29, 0.717) is 11.1 Å². The molecule has 2 rings (SSSR count). The van der Waals surface area contributed by atoms with Gasteiger partial charge in [0.15, 0.2) is 5.03 Å². The van der Waals surface area contributed by atoms with Crippen LogP contribution in [0.15, 0.2) is 29.4 Å². The third-order valence-corrected chi connectivity index (χ3v) is 4.23. The number of aromatic nitrogens is 2. The van der Waals surface area contributed by atoms with Crippen LogP contribution < -0.4 is 4.72 Å². The highest BCUT2D eigenvalue weighted by Gasteiger charge is 2.18. The number of carboxylic acid groups (broad SMARTS) is 1. The number of nitrogens with one attached hydrogen (secondary N) is 2. The largest absolute Gasteiger partial charge is 0.478 e. The molecular weight excluding hydrogens is 282 g/mol. The first-order chi connectivity index (χ1) is 9.31. The molecule has 0 aliphatic rings. The van der Waals surface area contributed by atoms with Crippen LogP contribution in [0.2, 0.25) is 0 Å². The highest BCUT2D eigenvalue weighted by atomic mass is 32.2. The number of sulfonamides is 1. The number of aryl methyl sites for hydroxylation is 1. The number of aromatic carboxylic acids is 1. The predicted molar refractivity (Wildman–Crippen MR) is 72.3 cm³/mol. The van der Waals surface area contributed by atoms with Crippen LogP contribution in [0.1, 0.15) is 21.5 Å². The van der Waals surface area contributed by atoms with Gasteiger partial charge in [-0.1, -0.05) is 0 Å². The molecule has 0 aliphatic carbocycles. The van der Waals surface area contributed by atoms with E-state index in [9.17, 15) is 13.2 Å². The molecule has 1 aromatic carbocycles. The summed E-state index contributed by atoms with van der Waals surface area (Å²) in [6, 6.07) is 4.18. The van der Waals surface area contributed by atoms with Crippen molar-refractivity contribution in [2.75, 3.05) is 4.72 Å². The molecule has 0 saturated heterocycles. The maximum absolute atomic E-state index is 12.0. The molecule has 0 fully saturated rings. The van der Waals surface area contributed by atoms with E-state index in [2.05, 4.69) is 14.9 Å². The summed E-state index contributed by atoms with van der Waals surface area (Å²) in [5, 5.41) is 14.9. The summed E-state index contributed by atoms with van der Waals surface area (Å²) >= 11 is 0. The molecule has 20 heavy (non-hydrogen) atoms. The predicted octanol–water partition coefficient (Wildman–Crippen LogP) is 1.53. The summed E-state index contributed by atoms with van der Waals surface area (Å²) in [5.74, 6) is -1.10. The van der Waals surface area contributed by atoms with Crippen molar-refractivity contribution < 1.29 is 18.3 Å². The summed E-state index contributed by atoms with van der Waals surface area (Å²) in [4.78, 5) is 11.1. The van der Waals surface area contributed by atoms with Gasteiger partial charge in [-0.05, 0) is 43.2 Å². The number of aromatic amines is 1. The average Bonchev–Trinajstić information content (AvgIpc) is 2.87.